The van der Waals surface area contributed by atoms with Crippen LogP contribution in [0.1, 0.15) is 35.3 Å². The van der Waals surface area contributed by atoms with E-state index in [1.807, 2.05) is 42.5 Å². The first-order valence-corrected chi connectivity index (χ1v) is 16.0. The molecule has 0 spiro atoms. The predicted octanol–water partition coefficient (Wildman–Crippen LogP) is 4.06. The third-order valence-corrected chi connectivity index (χ3v) is 5.33. The molecule has 0 aliphatic carbocycles. The summed E-state index contributed by atoms with van der Waals surface area (Å²) in [5.41, 5.74) is 3.78. The van der Waals surface area contributed by atoms with E-state index >= 15 is 0 Å². The molecule has 3 aromatic rings. The van der Waals surface area contributed by atoms with Gasteiger partial charge in [-0.1, -0.05) is 36.9 Å². The number of carboxylic acids is 1. The topological polar surface area (TPSA) is 169 Å². The second-order valence-corrected chi connectivity index (χ2v) is 10.4. The predicted molar refractivity (Wildman–Crippen MR) is 148 cm³/mol. The van der Waals surface area contributed by atoms with E-state index in [1.165, 1.54) is 0 Å². The second kappa shape index (κ2) is 18.6. The summed E-state index contributed by atoms with van der Waals surface area (Å²) in [7, 11) is 9.75. The molecule has 1 heterocycles. The molecule has 4 rings (SSSR count). The number of anilines is 1. The van der Waals surface area contributed by atoms with Gasteiger partial charge in [-0.3, -0.25) is 0 Å². The number of hydrogen-bond acceptors (Lipinski definition) is 6. The quantitative estimate of drug-likeness (QED) is 0.238. The number of rotatable bonds is 5. The van der Waals surface area contributed by atoms with E-state index in [2.05, 4.69) is 31.4 Å². The molecule has 38 heavy (non-hydrogen) atoms. The van der Waals surface area contributed by atoms with Crippen LogP contribution in [0, 0.1) is 10.1 Å². The molecule has 1 aliphatic heterocycles. The third kappa shape index (κ3) is 8.98. The van der Waals surface area contributed by atoms with E-state index in [0.29, 0.717) is 11.3 Å². The summed E-state index contributed by atoms with van der Waals surface area (Å²) < 4.78 is 6.26. The molecule has 13 heteroatoms. The summed E-state index contributed by atoms with van der Waals surface area (Å²) in [4.78, 5) is 22.2. The van der Waals surface area contributed by atoms with Gasteiger partial charge in [0.2, 0.25) is 0 Å². The molecular formula is C25H27Cl3N4O5Pt-2. The maximum absolute atomic E-state index is 11.9. The molecule has 0 radical (unpaired) electrons. The average molecular weight is 765 g/mol. The number of hydrogen-bond donors (Lipinski definition) is 1. The number of ether oxygens (including phenoxy) is 1. The van der Waals surface area contributed by atoms with Crippen molar-refractivity contribution in [1.29, 1.82) is 0 Å². The van der Waals surface area contributed by atoms with Gasteiger partial charge in [0.15, 0.2) is 0 Å². The number of nitrogens with zero attached hydrogens (tertiary/aromatic N) is 2. The molecule has 0 saturated heterocycles. The maximum Gasteiger partial charge on any atom is -0.693 e. The summed E-state index contributed by atoms with van der Waals surface area (Å²) in [6.07, 6.45) is 0. The van der Waals surface area contributed by atoms with Crippen LogP contribution in [0.25, 0.3) is 24.5 Å². The Morgan fingerprint density at radius 2 is 1.61 bits per heavy atom. The van der Waals surface area contributed by atoms with Gasteiger partial charge in [0.05, 0.1) is 5.56 Å². The van der Waals surface area contributed by atoms with Gasteiger partial charge in [0.25, 0.3) is 0 Å². The number of carboxylic acid groups (broad SMARTS) is 1. The molecular weight excluding hydrogens is 738 g/mol. The van der Waals surface area contributed by atoms with Crippen molar-refractivity contribution in [3.05, 3.63) is 110 Å². The van der Waals surface area contributed by atoms with E-state index in [9.17, 15) is 9.90 Å². The van der Waals surface area contributed by atoms with Crippen molar-refractivity contribution in [3.8, 4) is 11.5 Å². The SMILES string of the molecule is C=c1ccc2c(c1)Oc1cc(N(CC)CC)ccc1C=2c1ccccc1C(=O)O.O=N[O-].[Cl-].[Cl][Pt+2][Cl].[NH2-].[NH2-]. The minimum atomic E-state index is -0.948. The maximum atomic E-state index is 11.9. The number of carbonyl (C=O) groups is 1. The van der Waals surface area contributed by atoms with E-state index in [-0.39, 0.29) is 30.3 Å². The molecule has 0 unspecified atom stereocenters. The van der Waals surface area contributed by atoms with E-state index in [4.69, 9.17) is 33.7 Å². The molecule has 0 atom stereocenters. The normalized spacial score (nSPS) is 10.1. The standard InChI is InChI=1S/C25H23NO3.3ClH.HNO2.2H2N.Pt/c1-4-26(5-2)17-11-13-21-23(15-17)29-22-14-16(3)10-12-20(22)24(21)18-8-6-7-9-19(18)25(27)28;;;;2-1-3;;;/h6-15H,3-5H2,1-2H3,(H,27,28);3*1H;(H,2,3);2*1H2;/q;;;;;2*-1;+4/p-4. The Balaban J connectivity index is 0. The van der Waals surface area contributed by atoms with Crippen LogP contribution in [-0.2, 0) is 16.5 Å². The monoisotopic (exact) mass is 763 g/mol. The number of fused-ring (bicyclic) bond motifs is 2. The van der Waals surface area contributed by atoms with Gasteiger partial charge < -0.3 is 49.6 Å². The average Bonchev–Trinajstić information content (AvgIpc) is 2.84. The van der Waals surface area contributed by atoms with Gasteiger partial charge in [0, 0.05) is 41.2 Å². The molecule has 5 N–H and O–H groups in total. The Labute approximate surface area is 244 Å². The summed E-state index contributed by atoms with van der Waals surface area (Å²) >= 11 is -0.472. The minimum Gasteiger partial charge on any atom is -0.693 e. The van der Waals surface area contributed by atoms with Crippen LogP contribution in [-0.4, -0.2) is 24.2 Å². The van der Waals surface area contributed by atoms with Crippen LogP contribution in [0.2, 0.25) is 0 Å². The van der Waals surface area contributed by atoms with Gasteiger partial charge >= 0.3 is 41.3 Å². The number of nitrogens with two attached hydrogens (primary N) is 2. The second-order valence-electron chi connectivity index (χ2n) is 7.13. The molecule has 3 aromatic carbocycles. The zero-order valence-electron chi connectivity index (χ0n) is 20.5. The molecule has 210 valence electrons. The van der Waals surface area contributed by atoms with Gasteiger partial charge in [-0.15, -0.1) is 5.34 Å². The fourth-order valence-electron chi connectivity index (χ4n) is 3.89. The minimum absolute atomic E-state index is 0. The first-order chi connectivity index (χ1) is 16.9. The molecule has 9 nitrogen and oxygen atoms in total. The Bertz CT molecular complexity index is 1310. The van der Waals surface area contributed by atoms with Crippen LogP contribution in [0.3, 0.4) is 0 Å². The fourth-order valence-corrected chi connectivity index (χ4v) is 3.89. The van der Waals surface area contributed by atoms with Crippen LogP contribution < -0.4 is 32.5 Å². The van der Waals surface area contributed by atoms with Crippen molar-refractivity contribution in [2.24, 2.45) is 5.34 Å². The molecule has 0 bridgehead atoms. The van der Waals surface area contributed by atoms with Crippen molar-refractivity contribution in [3.63, 3.8) is 0 Å². The van der Waals surface area contributed by atoms with Crippen molar-refractivity contribution in [2.45, 2.75) is 13.8 Å². The Morgan fingerprint density at radius 3 is 2.16 bits per heavy atom. The van der Waals surface area contributed by atoms with Crippen molar-refractivity contribution in [2.75, 3.05) is 18.0 Å². The first kappa shape index (κ1) is 37.5. The van der Waals surface area contributed by atoms with Crippen LogP contribution in [0.5, 0.6) is 11.5 Å². The van der Waals surface area contributed by atoms with E-state index in [1.54, 1.807) is 12.1 Å². The van der Waals surface area contributed by atoms with Crippen LogP contribution in [0.4, 0.5) is 5.69 Å². The van der Waals surface area contributed by atoms with Crippen molar-refractivity contribution >= 4 is 42.6 Å². The Kier molecular flexibility index (Phi) is 18.3. The summed E-state index contributed by atoms with van der Waals surface area (Å²) in [5.74, 6) is 0.468. The van der Waals surface area contributed by atoms with Gasteiger partial charge in [-0.2, -0.15) is 0 Å². The molecule has 0 saturated carbocycles. The number of benzene rings is 3. The molecule has 1 aliphatic rings. The van der Waals surface area contributed by atoms with Gasteiger partial charge in [-0.25, -0.2) is 4.79 Å². The molecule has 0 fully saturated rings. The summed E-state index contributed by atoms with van der Waals surface area (Å²) in [5, 5.41) is 20.5. The van der Waals surface area contributed by atoms with Gasteiger partial charge in [0.1, 0.15) is 11.5 Å². The van der Waals surface area contributed by atoms with Crippen molar-refractivity contribution < 1.29 is 43.5 Å². The van der Waals surface area contributed by atoms with Crippen molar-refractivity contribution in [1.82, 2.24) is 0 Å². The zero-order chi connectivity index (χ0) is 26.0. The molecule has 0 aromatic heterocycles. The largest absolute Gasteiger partial charge is 0.693 e. The summed E-state index contributed by atoms with van der Waals surface area (Å²) in [6, 6.07) is 19.0. The number of halogens is 3. The van der Waals surface area contributed by atoms with Crippen LogP contribution in [0.15, 0.2) is 66.0 Å². The zero-order valence-corrected chi connectivity index (χ0v) is 25.0. The van der Waals surface area contributed by atoms with E-state index < -0.39 is 22.5 Å². The summed E-state index contributed by atoms with van der Waals surface area (Å²) in [6.45, 7) is 10.0. The van der Waals surface area contributed by atoms with Gasteiger partial charge in [-0.05, 0) is 48.9 Å². The van der Waals surface area contributed by atoms with Crippen LogP contribution >= 0.6 is 18.8 Å². The Hall–Kier alpha value is -2.65. The first-order valence-electron chi connectivity index (χ1n) is 10.4. The molecule has 0 amide bonds. The third-order valence-electron chi connectivity index (χ3n) is 5.33. The fraction of sp³-hybridized carbons (Fsp3) is 0.160. The Morgan fingerprint density at radius 1 is 1.03 bits per heavy atom. The smallest absolute Gasteiger partial charge is 0.693 e. The number of aromatic carboxylic acids is 1. The van der Waals surface area contributed by atoms with E-state index in [0.717, 1.165) is 51.4 Å².